The van der Waals surface area contributed by atoms with Crippen LogP contribution in [0.3, 0.4) is 0 Å². The van der Waals surface area contributed by atoms with E-state index in [1.807, 2.05) is 31.2 Å². The first-order valence-corrected chi connectivity index (χ1v) is 7.83. The summed E-state index contributed by atoms with van der Waals surface area (Å²) in [7, 11) is 0. The Morgan fingerprint density at radius 2 is 2.22 bits per heavy atom. The lowest BCUT2D eigenvalue weighted by atomic mass is 10.1. The lowest BCUT2D eigenvalue weighted by Crippen LogP contribution is -2.48. The molecule has 6 heteroatoms. The maximum Gasteiger partial charge on any atom is 0.134 e. The molecule has 1 aromatic heterocycles. The molecule has 6 nitrogen and oxygen atoms in total. The number of aryl methyl sites for hydroxylation is 1. The molecule has 1 aromatic carbocycles. The Morgan fingerprint density at radius 3 is 2.96 bits per heavy atom. The number of aliphatic hydroxyl groups is 1. The van der Waals surface area contributed by atoms with Crippen LogP contribution in [0.1, 0.15) is 11.4 Å². The van der Waals surface area contributed by atoms with E-state index in [0.717, 1.165) is 18.1 Å². The van der Waals surface area contributed by atoms with Crippen molar-refractivity contribution in [2.45, 2.75) is 19.1 Å². The highest BCUT2D eigenvalue weighted by Gasteiger charge is 2.33. The molecular formula is C17H23N3O3. The van der Waals surface area contributed by atoms with Gasteiger partial charge in [-0.25, -0.2) is 4.98 Å². The van der Waals surface area contributed by atoms with Gasteiger partial charge >= 0.3 is 0 Å². The Morgan fingerprint density at radius 1 is 1.39 bits per heavy atom. The van der Waals surface area contributed by atoms with Crippen molar-refractivity contribution in [2.24, 2.45) is 0 Å². The molecule has 1 unspecified atom stereocenters. The van der Waals surface area contributed by atoms with Crippen molar-refractivity contribution < 1.29 is 14.6 Å². The monoisotopic (exact) mass is 317 g/mol. The molecule has 1 aliphatic rings. The number of nitrogens with one attached hydrogen (secondary N) is 1. The highest BCUT2D eigenvalue weighted by molar-refractivity contribution is 5.26. The average Bonchev–Trinajstić information content (AvgIpc) is 2.97. The highest BCUT2D eigenvalue weighted by atomic mass is 16.5. The molecule has 124 valence electrons. The second-order valence-corrected chi connectivity index (χ2v) is 6.13. The average molecular weight is 317 g/mol. The molecule has 1 aliphatic heterocycles. The van der Waals surface area contributed by atoms with Gasteiger partial charge in [0, 0.05) is 25.5 Å². The molecule has 3 rings (SSSR count). The van der Waals surface area contributed by atoms with E-state index in [9.17, 15) is 5.11 Å². The van der Waals surface area contributed by atoms with Crippen molar-refractivity contribution in [2.75, 3.05) is 32.9 Å². The minimum absolute atomic E-state index is 0.199. The number of nitrogens with zero attached hydrogens (tertiary/aromatic N) is 2. The van der Waals surface area contributed by atoms with Gasteiger partial charge in [-0.3, -0.25) is 4.90 Å². The van der Waals surface area contributed by atoms with Crippen LogP contribution in [0, 0.1) is 6.92 Å². The number of aromatic amines is 1. The van der Waals surface area contributed by atoms with Crippen molar-refractivity contribution in [3.8, 4) is 5.75 Å². The van der Waals surface area contributed by atoms with E-state index in [2.05, 4.69) is 14.9 Å². The maximum atomic E-state index is 10.8. The van der Waals surface area contributed by atoms with E-state index in [-0.39, 0.29) is 13.2 Å². The van der Waals surface area contributed by atoms with Crippen molar-refractivity contribution in [1.82, 2.24) is 14.9 Å². The molecule has 1 atom stereocenters. The van der Waals surface area contributed by atoms with Crippen LogP contribution in [0.5, 0.6) is 5.75 Å². The van der Waals surface area contributed by atoms with Gasteiger partial charge < -0.3 is 19.6 Å². The quantitative estimate of drug-likeness (QED) is 0.871. The van der Waals surface area contributed by atoms with E-state index < -0.39 is 5.60 Å². The van der Waals surface area contributed by atoms with Crippen LogP contribution in [-0.2, 0) is 11.3 Å². The molecular weight excluding hydrogens is 294 g/mol. The highest BCUT2D eigenvalue weighted by Crippen LogP contribution is 2.18. The smallest absolute Gasteiger partial charge is 0.134 e. The van der Waals surface area contributed by atoms with Crippen LogP contribution in [0.15, 0.2) is 36.7 Å². The number of β-amino-alcohol motifs (C(OH)–C–C–N with tert-alkyl or cyclic N) is 1. The number of hydrogen-bond donors (Lipinski definition) is 2. The molecule has 0 aliphatic carbocycles. The number of aromatic nitrogens is 2. The summed E-state index contributed by atoms with van der Waals surface area (Å²) < 4.78 is 11.3. The summed E-state index contributed by atoms with van der Waals surface area (Å²) in [5.41, 5.74) is 0.145. The molecule has 0 saturated carbocycles. The van der Waals surface area contributed by atoms with Gasteiger partial charge in [-0.15, -0.1) is 0 Å². The summed E-state index contributed by atoms with van der Waals surface area (Å²) in [5.74, 6) is 1.64. The van der Waals surface area contributed by atoms with Crippen LogP contribution in [0.2, 0.25) is 0 Å². The number of benzene rings is 1. The van der Waals surface area contributed by atoms with Crippen molar-refractivity contribution in [3.63, 3.8) is 0 Å². The third kappa shape index (κ3) is 4.54. The summed E-state index contributed by atoms with van der Waals surface area (Å²) >= 11 is 0. The summed E-state index contributed by atoms with van der Waals surface area (Å²) in [6, 6.07) is 7.81. The SMILES string of the molecule is Cc1ccc(OCC2(O)COCCN(Cc3ncc[nH]3)C2)cc1. The molecule has 2 N–H and O–H groups in total. The van der Waals surface area contributed by atoms with Gasteiger partial charge in [0.05, 0.1) is 19.8 Å². The molecule has 2 aromatic rings. The largest absolute Gasteiger partial charge is 0.490 e. The first-order chi connectivity index (χ1) is 11.1. The summed E-state index contributed by atoms with van der Waals surface area (Å²) in [6.07, 6.45) is 3.53. The molecule has 0 radical (unpaired) electrons. The van der Waals surface area contributed by atoms with Crippen molar-refractivity contribution in [3.05, 3.63) is 48.0 Å². The number of ether oxygens (including phenoxy) is 2. The molecule has 0 amide bonds. The van der Waals surface area contributed by atoms with Gasteiger partial charge in [0.15, 0.2) is 0 Å². The zero-order valence-electron chi connectivity index (χ0n) is 13.4. The first-order valence-electron chi connectivity index (χ1n) is 7.83. The Bertz CT molecular complexity index is 600. The number of imidazole rings is 1. The van der Waals surface area contributed by atoms with E-state index in [1.165, 1.54) is 5.56 Å². The minimum Gasteiger partial charge on any atom is -0.490 e. The van der Waals surface area contributed by atoms with Crippen molar-refractivity contribution in [1.29, 1.82) is 0 Å². The van der Waals surface area contributed by atoms with Crippen LogP contribution in [0.25, 0.3) is 0 Å². The lowest BCUT2D eigenvalue weighted by Gasteiger charge is -2.30. The molecule has 0 spiro atoms. The standard InChI is InChI=1S/C17H23N3O3/c1-14-2-4-15(5-3-14)23-13-17(21)11-20(8-9-22-12-17)10-16-18-6-7-19-16/h2-7,21H,8-13H2,1H3,(H,18,19). The Kier molecular flexibility index (Phi) is 4.95. The molecule has 1 fully saturated rings. The summed E-state index contributed by atoms with van der Waals surface area (Å²) in [6.45, 7) is 4.99. The topological polar surface area (TPSA) is 70.6 Å². The van der Waals surface area contributed by atoms with E-state index in [1.54, 1.807) is 12.4 Å². The van der Waals surface area contributed by atoms with Gasteiger partial charge in [-0.2, -0.15) is 0 Å². The fourth-order valence-corrected chi connectivity index (χ4v) is 2.67. The minimum atomic E-state index is -1.03. The second-order valence-electron chi connectivity index (χ2n) is 6.13. The fraction of sp³-hybridized carbons (Fsp3) is 0.471. The number of H-pyrrole nitrogens is 1. The lowest BCUT2D eigenvalue weighted by molar-refractivity contribution is -0.0648. The van der Waals surface area contributed by atoms with Crippen molar-refractivity contribution >= 4 is 0 Å². The van der Waals surface area contributed by atoms with Crippen LogP contribution < -0.4 is 4.74 Å². The van der Waals surface area contributed by atoms with Crippen LogP contribution in [-0.4, -0.2) is 58.5 Å². The Balaban J connectivity index is 1.60. The predicted molar refractivity (Wildman–Crippen MR) is 86.3 cm³/mol. The Hall–Kier alpha value is -1.89. The molecule has 0 bridgehead atoms. The summed E-state index contributed by atoms with van der Waals surface area (Å²) in [5, 5.41) is 10.8. The number of hydrogen-bond acceptors (Lipinski definition) is 5. The van der Waals surface area contributed by atoms with Gasteiger partial charge in [-0.1, -0.05) is 17.7 Å². The summed E-state index contributed by atoms with van der Waals surface area (Å²) in [4.78, 5) is 9.46. The van der Waals surface area contributed by atoms with Crippen LogP contribution >= 0.6 is 0 Å². The third-order valence-corrected chi connectivity index (χ3v) is 3.90. The second kappa shape index (κ2) is 7.12. The van der Waals surface area contributed by atoms with Gasteiger partial charge in [0.25, 0.3) is 0 Å². The van der Waals surface area contributed by atoms with Gasteiger partial charge in [0.1, 0.15) is 23.8 Å². The van der Waals surface area contributed by atoms with Gasteiger partial charge in [0.2, 0.25) is 0 Å². The number of rotatable bonds is 5. The van der Waals surface area contributed by atoms with E-state index in [4.69, 9.17) is 9.47 Å². The third-order valence-electron chi connectivity index (χ3n) is 3.90. The van der Waals surface area contributed by atoms with Crippen LogP contribution in [0.4, 0.5) is 0 Å². The predicted octanol–water partition coefficient (Wildman–Crippen LogP) is 1.36. The zero-order chi connectivity index (χ0) is 16.1. The Labute approximate surface area is 136 Å². The van der Waals surface area contributed by atoms with Gasteiger partial charge in [-0.05, 0) is 19.1 Å². The molecule has 1 saturated heterocycles. The first kappa shape index (κ1) is 16.0. The normalized spacial score (nSPS) is 22.7. The molecule has 2 heterocycles. The molecule has 23 heavy (non-hydrogen) atoms. The fourth-order valence-electron chi connectivity index (χ4n) is 2.67. The maximum absolute atomic E-state index is 10.8. The van der Waals surface area contributed by atoms with E-state index in [0.29, 0.717) is 19.7 Å². The zero-order valence-corrected chi connectivity index (χ0v) is 13.4. The van der Waals surface area contributed by atoms with E-state index >= 15 is 0 Å².